The second-order valence-electron chi connectivity index (χ2n) is 6.32. The first-order chi connectivity index (χ1) is 16.1. The third-order valence-electron chi connectivity index (χ3n) is 3.80. The van der Waals surface area contributed by atoms with E-state index >= 15 is 0 Å². The molecule has 0 amide bonds. The van der Waals surface area contributed by atoms with Crippen molar-refractivity contribution in [2.45, 2.75) is 15.5 Å². The Kier molecular flexibility index (Phi) is 10.1. The molecule has 0 aliphatic carbocycles. The topological polar surface area (TPSA) is 194 Å². The lowest BCUT2D eigenvalue weighted by Crippen LogP contribution is -2.41. The van der Waals surface area contributed by atoms with Crippen LogP contribution < -0.4 is 26.2 Å². The molecule has 0 atom stereocenters. The summed E-state index contributed by atoms with van der Waals surface area (Å²) >= 11 is 2.89. The summed E-state index contributed by atoms with van der Waals surface area (Å²) in [6, 6.07) is 4.90. The Balaban J connectivity index is 1.91. The highest BCUT2D eigenvalue weighted by Crippen LogP contribution is 2.21. The summed E-state index contributed by atoms with van der Waals surface area (Å²) in [5.41, 5.74) is 11.5. The Morgan fingerprint density at radius 2 is 1.94 bits per heavy atom. The van der Waals surface area contributed by atoms with Crippen molar-refractivity contribution in [3.63, 3.8) is 0 Å². The fraction of sp³-hybridized carbons (Fsp3) is 0.278. The molecule has 0 spiro atoms. The van der Waals surface area contributed by atoms with Crippen molar-refractivity contribution in [1.29, 1.82) is 0 Å². The van der Waals surface area contributed by atoms with Crippen LogP contribution in [0.1, 0.15) is 5.69 Å². The molecule has 0 saturated heterocycles. The van der Waals surface area contributed by atoms with Gasteiger partial charge in [-0.2, -0.15) is 21.5 Å². The van der Waals surface area contributed by atoms with Gasteiger partial charge in [-0.25, -0.2) is 26.5 Å². The molecule has 0 aliphatic rings. The molecule has 2 rings (SSSR count). The van der Waals surface area contributed by atoms with Gasteiger partial charge in [-0.3, -0.25) is 4.99 Å². The molecule has 0 bridgehead atoms. The summed E-state index contributed by atoms with van der Waals surface area (Å²) in [5, 5.41) is 5.23. The van der Waals surface area contributed by atoms with E-state index in [2.05, 4.69) is 35.7 Å². The zero-order valence-corrected chi connectivity index (χ0v) is 21.3. The van der Waals surface area contributed by atoms with Crippen molar-refractivity contribution in [3.05, 3.63) is 35.3 Å². The van der Waals surface area contributed by atoms with Crippen LogP contribution in [0.15, 0.2) is 49.4 Å². The number of thioether (sulfide) groups is 1. The van der Waals surface area contributed by atoms with Crippen molar-refractivity contribution in [1.82, 2.24) is 19.7 Å². The fourth-order valence-corrected chi connectivity index (χ4v) is 6.01. The van der Waals surface area contributed by atoms with Crippen LogP contribution in [0, 0.1) is 12.3 Å². The van der Waals surface area contributed by atoms with Crippen molar-refractivity contribution in [3.8, 4) is 12.3 Å². The number of nitrogens with one attached hydrogen (secondary N) is 3. The molecule has 0 radical (unpaired) electrons. The summed E-state index contributed by atoms with van der Waals surface area (Å²) in [4.78, 5) is 11.6. The molecule has 7 N–H and O–H groups in total. The molecule has 0 saturated carbocycles. The second-order valence-corrected chi connectivity index (χ2v) is 11.7. The van der Waals surface area contributed by atoms with E-state index in [0.29, 0.717) is 23.2 Å². The summed E-state index contributed by atoms with van der Waals surface area (Å²) in [5.74, 6) is 3.37. The lowest BCUT2D eigenvalue weighted by Gasteiger charge is -2.13. The van der Waals surface area contributed by atoms with Gasteiger partial charge < -0.3 is 16.8 Å². The zero-order chi connectivity index (χ0) is 25.2. The molecular formula is C18H24N8O4S4. The smallest absolute Gasteiger partial charge is 0.264 e. The van der Waals surface area contributed by atoms with Gasteiger partial charge in [0.15, 0.2) is 5.96 Å². The van der Waals surface area contributed by atoms with Gasteiger partial charge in [0, 0.05) is 30.5 Å². The van der Waals surface area contributed by atoms with Crippen LogP contribution in [-0.2, 0) is 25.8 Å². The molecule has 16 heteroatoms. The number of nitrogens with zero attached hydrogens (tertiary/aromatic N) is 3. The number of aliphatic imine (C=N–C) groups is 2. The number of benzene rings is 1. The maximum atomic E-state index is 12.7. The fourth-order valence-electron chi connectivity index (χ4n) is 2.32. The number of aromatic nitrogens is 1. The van der Waals surface area contributed by atoms with Gasteiger partial charge in [-0.15, -0.1) is 17.8 Å². The highest BCUT2D eigenvalue weighted by Gasteiger charge is 2.20. The van der Waals surface area contributed by atoms with Crippen LogP contribution in [0.25, 0.3) is 0 Å². The van der Waals surface area contributed by atoms with Crippen LogP contribution >= 0.6 is 23.1 Å². The summed E-state index contributed by atoms with van der Waals surface area (Å²) in [7, 11) is -6.62. The van der Waals surface area contributed by atoms with Gasteiger partial charge >= 0.3 is 0 Å². The van der Waals surface area contributed by atoms with Gasteiger partial charge in [0.1, 0.15) is 0 Å². The zero-order valence-electron chi connectivity index (χ0n) is 18.1. The number of sulfonamides is 2. The highest BCUT2D eigenvalue weighted by molar-refractivity contribution is 7.98. The Labute approximate surface area is 206 Å². The Hall–Kier alpha value is -2.84. The van der Waals surface area contributed by atoms with Gasteiger partial charge in [0.2, 0.25) is 21.1 Å². The molecule has 2 aromatic rings. The van der Waals surface area contributed by atoms with E-state index in [0.717, 1.165) is 11.8 Å². The molecule has 0 fully saturated rings. The first-order valence-corrected chi connectivity index (χ1v) is 14.5. The van der Waals surface area contributed by atoms with Gasteiger partial charge in [0.05, 0.1) is 22.0 Å². The molecule has 184 valence electrons. The Morgan fingerprint density at radius 3 is 2.59 bits per heavy atom. The minimum absolute atomic E-state index is 0.0167. The first kappa shape index (κ1) is 27.4. The molecule has 1 aromatic heterocycles. The number of guanidine groups is 2. The lowest BCUT2D eigenvalue weighted by atomic mass is 10.4. The number of nitrogens with two attached hydrogens (primary N) is 2. The third kappa shape index (κ3) is 8.50. The van der Waals surface area contributed by atoms with Crippen LogP contribution in [0.2, 0.25) is 0 Å². The van der Waals surface area contributed by atoms with Crippen LogP contribution in [-0.4, -0.2) is 59.6 Å². The number of hydrogen-bond acceptors (Lipinski definition) is 9. The van der Waals surface area contributed by atoms with E-state index in [1.54, 1.807) is 11.8 Å². The SMILES string of the molecule is C#CCNS(=O)(=O)c1cccc(S(=O)(=O)NC(=NC)NCCSCc2csc(N=C(N)N)n2)c1. The second kappa shape index (κ2) is 12.6. The van der Waals surface area contributed by atoms with E-state index in [4.69, 9.17) is 17.9 Å². The van der Waals surface area contributed by atoms with Gasteiger partial charge in [0.25, 0.3) is 10.0 Å². The van der Waals surface area contributed by atoms with Crippen molar-refractivity contribution >= 4 is 60.2 Å². The molecule has 12 nitrogen and oxygen atoms in total. The van der Waals surface area contributed by atoms with E-state index in [-0.39, 0.29) is 28.3 Å². The molecule has 1 heterocycles. The maximum absolute atomic E-state index is 12.7. The minimum Gasteiger partial charge on any atom is -0.370 e. The predicted octanol–water partition coefficient (Wildman–Crippen LogP) is -0.253. The summed E-state index contributed by atoms with van der Waals surface area (Å²) in [6.07, 6.45) is 5.07. The van der Waals surface area contributed by atoms with E-state index in [9.17, 15) is 16.8 Å². The summed E-state index contributed by atoms with van der Waals surface area (Å²) in [6.45, 7) is 0.196. The van der Waals surface area contributed by atoms with E-state index < -0.39 is 20.0 Å². The van der Waals surface area contributed by atoms with Gasteiger partial charge in [-0.1, -0.05) is 12.0 Å². The normalized spacial score (nSPS) is 12.1. The number of rotatable bonds is 11. The standard InChI is InChI=1S/C18H24N8O4S4/c1-3-7-23-33(27,28)14-5-4-6-15(10-14)34(29,30)26-17(21-2)22-8-9-31-11-13-12-32-18(24-13)25-16(19)20/h1,4-6,10,12,23H,7-9,11H2,2H3,(H2,21,22,26)(H4,19,20,24,25). The number of hydrogen-bond donors (Lipinski definition) is 5. The molecule has 34 heavy (non-hydrogen) atoms. The molecular weight excluding hydrogens is 521 g/mol. The van der Waals surface area contributed by atoms with E-state index in [1.807, 2.05) is 5.38 Å². The molecule has 0 aliphatic heterocycles. The largest absolute Gasteiger partial charge is 0.370 e. The van der Waals surface area contributed by atoms with Crippen LogP contribution in [0.4, 0.5) is 5.13 Å². The maximum Gasteiger partial charge on any atom is 0.264 e. The average molecular weight is 545 g/mol. The Morgan fingerprint density at radius 1 is 1.24 bits per heavy atom. The van der Waals surface area contributed by atoms with Crippen molar-refractivity contribution in [2.24, 2.45) is 21.5 Å². The molecule has 0 unspecified atom stereocenters. The number of thiazole rings is 1. The highest BCUT2D eigenvalue weighted by atomic mass is 32.2. The molecule has 1 aromatic carbocycles. The minimum atomic E-state index is -4.09. The van der Waals surface area contributed by atoms with Crippen LogP contribution in [0.3, 0.4) is 0 Å². The van der Waals surface area contributed by atoms with E-state index in [1.165, 1.54) is 36.6 Å². The quantitative estimate of drug-likeness (QED) is 0.110. The van der Waals surface area contributed by atoms with Crippen molar-refractivity contribution < 1.29 is 16.8 Å². The van der Waals surface area contributed by atoms with Crippen LogP contribution in [0.5, 0.6) is 0 Å². The predicted molar refractivity (Wildman–Crippen MR) is 136 cm³/mol. The van der Waals surface area contributed by atoms with Crippen molar-refractivity contribution in [2.75, 3.05) is 25.9 Å². The number of terminal acetylenes is 1. The average Bonchev–Trinajstić information content (AvgIpc) is 3.23. The lowest BCUT2D eigenvalue weighted by molar-refractivity contribution is 0.585. The van der Waals surface area contributed by atoms with Gasteiger partial charge in [-0.05, 0) is 18.2 Å². The monoisotopic (exact) mass is 544 g/mol. The first-order valence-electron chi connectivity index (χ1n) is 9.46. The third-order valence-corrected chi connectivity index (χ3v) is 8.31. The Bertz CT molecular complexity index is 1290. The summed E-state index contributed by atoms with van der Waals surface area (Å²) < 4.78 is 54.4.